The summed E-state index contributed by atoms with van der Waals surface area (Å²) in [4.78, 5) is 13.0. The average molecular weight is 182 g/mol. The van der Waals surface area contributed by atoms with Gasteiger partial charge in [-0.25, -0.2) is 0 Å². The number of carbonyl (C=O) groups is 1. The van der Waals surface area contributed by atoms with E-state index in [1.165, 1.54) is 0 Å². The van der Waals surface area contributed by atoms with E-state index in [0.29, 0.717) is 19.5 Å². The van der Waals surface area contributed by atoms with E-state index in [0.717, 1.165) is 19.3 Å². The van der Waals surface area contributed by atoms with E-state index in [9.17, 15) is 4.79 Å². The van der Waals surface area contributed by atoms with Crippen LogP contribution in [-0.2, 0) is 4.79 Å². The summed E-state index contributed by atoms with van der Waals surface area (Å²) in [6.45, 7) is 1.15. The molecule has 3 nitrogen and oxygen atoms in total. The minimum absolute atomic E-state index is 0.155. The highest BCUT2D eigenvalue weighted by molar-refractivity contribution is 5.75. The zero-order valence-electron chi connectivity index (χ0n) is 8.25. The molecule has 0 saturated heterocycles. The third-order valence-corrected chi connectivity index (χ3v) is 1.85. The molecule has 0 radical (unpaired) electrons. The molecule has 0 heterocycles. The number of hydrogen-bond donors (Lipinski definition) is 1. The first-order chi connectivity index (χ1) is 6.22. The molecule has 3 heteroatoms. The maximum absolute atomic E-state index is 11.3. The first-order valence-corrected chi connectivity index (χ1v) is 4.60. The van der Waals surface area contributed by atoms with Gasteiger partial charge in [0.2, 0.25) is 5.91 Å². The minimum atomic E-state index is 0.155. The summed E-state index contributed by atoms with van der Waals surface area (Å²) < 4.78 is 0. The van der Waals surface area contributed by atoms with E-state index in [-0.39, 0.29) is 5.91 Å². The molecule has 74 valence electrons. The predicted octanol–water partition coefficient (Wildman–Crippen LogP) is 0.597. The lowest BCUT2D eigenvalue weighted by atomic mass is 10.2. The molecule has 0 atom stereocenters. The molecule has 0 aromatic heterocycles. The second-order valence-electron chi connectivity index (χ2n) is 3.02. The Morgan fingerprint density at radius 1 is 1.54 bits per heavy atom. The number of carbonyl (C=O) groups excluding carboxylic acids is 1. The van der Waals surface area contributed by atoms with Crippen LogP contribution in [0.5, 0.6) is 0 Å². The Morgan fingerprint density at radius 2 is 2.23 bits per heavy atom. The van der Waals surface area contributed by atoms with Crippen molar-refractivity contribution in [3.05, 3.63) is 0 Å². The van der Waals surface area contributed by atoms with Gasteiger partial charge < -0.3 is 10.6 Å². The first-order valence-electron chi connectivity index (χ1n) is 4.60. The molecule has 0 rings (SSSR count). The molecule has 0 aliphatic rings. The first kappa shape index (κ1) is 12.0. The molecule has 0 aromatic carbocycles. The fraction of sp³-hybridized carbons (Fsp3) is 0.700. The molecule has 2 N–H and O–H groups in total. The number of rotatable bonds is 6. The summed E-state index contributed by atoms with van der Waals surface area (Å²) >= 11 is 0. The van der Waals surface area contributed by atoms with Crippen molar-refractivity contribution in [1.82, 2.24) is 4.90 Å². The molecular formula is C10H18N2O. The number of amides is 1. The van der Waals surface area contributed by atoms with Crippen LogP contribution in [0.4, 0.5) is 0 Å². The van der Waals surface area contributed by atoms with Gasteiger partial charge in [0.15, 0.2) is 0 Å². The molecule has 0 aliphatic heterocycles. The summed E-state index contributed by atoms with van der Waals surface area (Å²) in [5, 5.41) is 0. The highest BCUT2D eigenvalue weighted by Gasteiger charge is 2.05. The lowest BCUT2D eigenvalue weighted by Gasteiger charge is -2.15. The molecule has 0 bridgehead atoms. The molecule has 1 amide bonds. The van der Waals surface area contributed by atoms with Crippen LogP contribution in [0, 0.1) is 12.3 Å². The quantitative estimate of drug-likeness (QED) is 0.483. The van der Waals surface area contributed by atoms with Crippen molar-refractivity contribution in [3.63, 3.8) is 0 Å². The van der Waals surface area contributed by atoms with Crippen LogP contribution < -0.4 is 5.73 Å². The third kappa shape index (κ3) is 6.18. The second kappa shape index (κ2) is 7.63. The molecule has 13 heavy (non-hydrogen) atoms. The fourth-order valence-electron chi connectivity index (χ4n) is 1.01. The van der Waals surface area contributed by atoms with Gasteiger partial charge in [-0.3, -0.25) is 4.79 Å². The number of hydrogen-bond acceptors (Lipinski definition) is 2. The van der Waals surface area contributed by atoms with Crippen LogP contribution in [-0.4, -0.2) is 30.9 Å². The Kier molecular flexibility index (Phi) is 7.04. The number of likely N-dealkylation sites (N-methyl/N-ethyl adjacent to an activating group) is 1. The summed E-state index contributed by atoms with van der Waals surface area (Å²) in [6.07, 6.45) is 8.23. The SMILES string of the molecule is C#CCCCCC(=O)N(C)CCN. The van der Waals surface area contributed by atoms with Crippen molar-refractivity contribution < 1.29 is 4.79 Å². The van der Waals surface area contributed by atoms with Crippen molar-refractivity contribution in [2.45, 2.75) is 25.7 Å². The number of nitrogens with two attached hydrogens (primary N) is 1. The van der Waals surface area contributed by atoms with Crippen LogP contribution in [0.3, 0.4) is 0 Å². The molecule has 0 aromatic rings. The summed E-state index contributed by atoms with van der Waals surface area (Å²) in [6, 6.07) is 0. The molecule has 0 spiro atoms. The monoisotopic (exact) mass is 182 g/mol. The second-order valence-corrected chi connectivity index (χ2v) is 3.02. The number of unbranched alkanes of at least 4 members (excludes halogenated alkanes) is 2. The maximum Gasteiger partial charge on any atom is 0.222 e. The molecule has 0 fully saturated rings. The van der Waals surface area contributed by atoms with Gasteiger partial charge >= 0.3 is 0 Å². The van der Waals surface area contributed by atoms with E-state index in [2.05, 4.69) is 5.92 Å². The average Bonchev–Trinajstić information content (AvgIpc) is 2.12. The van der Waals surface area contributed by atoms with Gasteiger partial charge in [0.1, 0.15) is 0 Å². The van der Waals surface area contributed by atoms with E-state index in [4.69, 9.17) is 12.2 Å². The third-order valence-electron chi connectivity index (χ3n) is 1.85. The lowest BCUT2D eigenvalue weighted by Crippen LogP contribution is -2.31. The van der Waals surface area contributed by atoms with Crippen LogP contribution >= 0.6 is 0 Å². The van der Waals surface area contributed by atoms with Crippen LogP contribution in [0.15, 0.2) is 0 Å². The Morgan fingerprint density at radius 3 is 2.77 bits per heavy atom. The van der Waals surface area contributed by atoms with Crippen molar-refractivity contribution in [3.8, 4) is 12.3 Å². The highest BCUT2D eigenvalue weighted by atomic mass is 16.2. The van der Waals surface area contributed by atoms with Gasteiger partial charge in [0.25, 0.3) is 0 Å². The largest absolute Gasteiger partial charge is 0.344 e. The maximum atomic E-state index is 11.3. The van der Waals surface area contributed by atoms with Crippen molar-refractivity contribution in [2.24, 2.45) is 5.73 Å². The molecule has 0 aliphatic carbocycles. The zero-order valence-corrected chi connectivity index (χ0v) is 8.25. The topological polar surface area (TPSA) is 46.3 Å². The fourth-order valence-corrected chi connectivity index (χ4v) is 1.01. The lowest BCUT2D eigenvalue weighted by molar-refractivity contribution is -0.129. The molecule has 0 saturated carbocycles. The van der Waals surface area contributed by atoms with E-state index in [1.807, 2.05) is 0 Å². The standard InChI is InChI=1S/C10H18N2O/c1-3-4-5-6-7-10(13)12(2)9-8-11/h1H,4-9,11H2,2H3. The van der Waals surface area contributed by atoms with Crippen LogP contribution in [0.25, 0.3) is 0 Å². The van der Waals surface area contributed by atoms with Gasteiger partial charge in [0.05, 0.1) is 0 Å². The smallest absolute Gasteiger partial charge is 0.222 e. The Labute approximate surface area is 80.3 Å². The van der Waals surface area contributed by atoms with Crippen LogP contribution in [0.1, 0.15) is 25.7 Å². The van der Waals surface area contributed by atoms with Crippen LogP contribution in [0.2, 0.25) is 0 Å². The van der Waals surface area contributed by atoms with Gasteiger partial charge in [-0.1, -0.05) is 0 Å². The summed E-state index contributed by atoms with van der Waals surface area (Å²) in [7, 11) is 1.77. The highest BCUT2D eigenvalue weighted by Crippen LogP contribution is 2.01. The van der Waals surface area contributed by atoms with Crippen molar-refractivity contribution in [1.29, 1.82) is 0 Å². The number of nitrogens with zero attached hydrogens (tertiary/aromatic N) is 1. The molecule has 0 unspecified atom stereocenters. The number of terminal acetylenes is 1. The minimum Gasteiger partial charge on any atom is -0.344 e. The van der Waals surface area contributed by atoms with Gasteiger partial charge in [-0.2, -0.15) is 0 Å². The predicted molar refractivity (Wildman–Crippen MR) is 54.0 cm³/mol. The summed E-state index contributed by atoms with van der Waals surface area (Å²) in [5.74, 6) is 2.71. The van der Waals surface area contributed by atoms with E-state index >= 15 is 0 Å². The Hall–Kier alpha value is -1.01. The Balaban J connectivity index is 3.45. The normalized spacial score (nSPS) is 9.31. The van der Waals surface area contributed by atoms with Gasteiger partial charge in [-0.05, 0) is 12.8 Å². The van der Waals surface area contributed by atoms with E-state index in [1.54, 1.807) is 11.9 Å². The van der Waals surface area contributed by atoms with Gasteiger partial charge in [-0.15, -0.1) is 12.3 Å². The van der Waals surface area contributed by atoms with Gasteiger partial charge in [0, 0.05) is 33.0 Å². The molecular weight excluding hydrogens is 164 g/mol. The Bertz CT molecular complexity index is 184. The summed E-state index contributed by atoms with van der Waals surface area (Å²) in [5.41, 5.74) is 5.32. The van der Waals surface area contributed by atoms with Crippen molar-refractivity contribution >= 4 is 5.91 Å². The zero-order chi connectivity index (χ0) is 10.1. The van der Waals surface area contributed by atoms with Crippen molar-refractivity contribution in [2.75, 3.05) is 20.1 Å². The van der Waals surface area contributed by atoms with E-state index < -0.39 is 0 Å².